The Labute approximate surface area is 142 Å². The van der Waals surface area contributed by atoms with Gasteiger partial charge in [0.1, 0.15) is 6.04 Å². The fourth-order valence-electron chi connectivity index (χ4n) is 2.53. The Bertz CT molecular complexity index is 722. The molecule has 0 saturated heterocycles. The predicted molar refractivity (Wildman–Crippen MR) is 94.2 cm³/mol. The molecule has 0 heterocycles. The van der Waals surface area contributed by atoms with Crippen LogP contribution in [-0.2, 0) is 20.8 Å². The quantitative estimate of drug-likeness (QED) is 0.655. The number of likely N-dealkylation sites (N-methyl/N-ethyl adjacent to an activating group) is 1. The van der Waals surface area contributed by atoms with E-state index in [2.05, 4.69) is 5.32 Å². The summed E-state index contributed by atoms with van der Waals surface area (Å²) in [7, 11) is 1.55. The maximum atomic E-state index is 12.3. The first-order chi connectivity index (χ1) is 11.3. The summed E-state index contributed by atoms with van der Waals surface area (Å²) in [4.78, 5) is 29.4. The SMILES string of the molecule is CNC(=O)[C@H](Cc1ccc2ccccc2c1)N(C=O)OC(C)(C)C. The van der Waals surface area contributed by atoms with Crippen LogP contribution < -0.4 is 5.32 Å². The highest BCUT2D eigenvalue weighted by atomic mass is 16.7. The van der Waals surface area contributed by atoms with E-state index in [0.29, 0.717) is 12.8 Å². The summed E-state index contributed by atoms with van der Waals surface area (Å²) < 4.78 is 0. The van der Waals surface area contributed by atoms with Gasteiger partial charge in [-0.3, -0.25) is 14.4 Å². The molecule has 0 fully saturated rings. The molecule has 0 aliphatic heterocycles. The first kappa shape index (κ1) is 17.9. The number of rotatable bonds is 6. The molecule has 0 aliphatic carbocycles. The van der Waals surface area contributed by atoms with Crippen molar-refractivity contribution in [1.82, 2.24) is 10.4 Å². The highest BCUT2D eigenvalue weighted by molar-refractivity contribution is 5.85. The predicted octanol–water partition coefficient (Wildman–Crippen LogP) is 2.69. The number of hydrogen-bond acceptors (Lipinski definition) is 3. The lowest BCUT2D eigenvalue weighted by Crippen LogP contribution is -2.49. The Hall–Kier alpha value is -2.40. The van der Waals surface area contributed by atoms with E-state index in [0.717, 1.165) is 21.4 Å². The largest absolute Gasteiger partial charge is 0.357 e. The van der Waals surface area contributed by atoms with Crippen LogP contribution in [0.4, 0.5) is 0 Å². The van der Waals surface area contributed by atoms with Gasteiger partial charge in [0.05, 0.1) is 5.60 Å². The van der Waals surface area contributed by atoms with Gasteiger partial charge in [-0.15, -0.1) is 0 Å². The van der Waals surface area contributed by atoms with Crippen LogP contribution in [0.3, 0.4) is 0 Å². The number of benzene rings is 2. The summed E-state index contributed by atoms with van der Waals surface area (Å²) in [6.07, 6.45) is 0.936. The van der Waals surface area contributed by atoms with Gasteiger partial charge in [-0.1, -0.05) is 42.5 Å². The Kier molecular flexibility index (Phi) is 5.57. The van der Waals surface area contributed by atoms with Crippen LogP contribution in [0, 0.1) is 0 Å². The highest BCUT2D eigenvalue weighted by Crippen LogP contribution is 2.19. The maximum absolute atomic E-state index is 12.3. The molecule has 0 spiro atoms. The summed E-state index contributed by atoms with van der Waals surface area (Å²) in [5.41, 5.74) is 0.392. The van der Waals surface area contributed by atoms with E-state index in [1.165, 1.54) is 0 Å². The van der Waals surface area contributed by atoms with Crippen molar-refractivity contribution in [3.05, 3.63) is 48.0 Å². The molecule has 2 amide bonds. The fraction of sp³-hybridized carbons (Fsp3) is 0.368. The topological polar surface area (TPSA) is 58.6 Å². The number of nitrogens with one attached hydrogen (secondary N) is 1. The van der Waals surface area contributed by atoms with Gasteiger partial charge in [-0.05, 0) is 37.1 Å². The number of carbonyl (C=O) groups is 2. The van der Waals surface area contributed by atoms with Gasteiger partial charge < -0.3 is 5.32 Å². The fourth-order valence-corrected chi connectivity index (χ4v) is 2.53. The van der Waals surface area contributed by atoms with Crippen molar-refractivity contribution in [1.29, 1.82) is 0 Å². The third-order valence-corrected chi connectivity index (χ3v) is 3.58. The highest BCUT2D eigenvalue weighted by Gasteiger charge is 2.29. The Morgan fingerprint density at radius 2 is 1.88 bits per heavy atom. The Morgan fingerprint density at radius 3 is 2.46 bits per heavy atom. The first-order valence-corrected chi connectivity index (χ1v) is 7.96. The van der Waals surface area contributed by atoms with Crippen molar-refractivity contribution < 1.29 is 14.4 Å². The summed E-state index contributed by atoms with van der Waals surface area (Å²) in [6, 6.07) is 13.3. The Balaban J connectivity index is 2.29. The molecular formula is C19H24N2O3. The van der Waals surface area contributed by atoms with Crippen molar-refractivity contribution in [3.63, 3.8) is 0 Å². The van der Waals surface area contributed by atoms with Gasteiger partial charge in [-0.2, -0.15) is 0 Å². The number of amides is 2. The van der Waals surface area contributed by atoms with Gasteiger partial charge >= 0.3 is 0 Å². The van der Waals surface area contributed by atoms with Crippen LogP contribution in [0.2, 0.25) is 0 Å². The molecule has 24 heavy (non-hydrogen) atoms. The third kappa shape index (κ3) is 4.55. The van der Waals surface area contributed by atoms with E-state index >= 15 is 0 Å². The summed E-state index contributed by atoms with van der Waals surface area (Å²) in [5, 5.41) is 5.94. The summed E-state index contributed by atoms with van der Waals surface area (Å²) in [6.45, 7) is 5.50. The molecule has 1 atom stereocenters. The van der Waals surface area contributed by atoms with E-state index < -0.39 is 11.6 Å². The molecule has 0 aromatic heterocycles. The second-order valence-electron chi connectivity index (χ2n) is 6.68. The number of carbonyl (C=O) groups excluding carboxylic acids is 2. The molecule has 2 aromatic rings. The molecule has 2 rings (SSSR count). The van der Waals surface area contributed by atoms with Gasteiger partial charge in [0, 0.05) is 13.5 Å². The number of hydroxylamine groups is 2. The lowest BCUT2D eigenvalue weighted by Gasteiger charge is -2.32. The van der Waals surface area contributed by atoms with Crippen LogP contribution in [0.15, 0.2) is 42.5 Å². The zero-order chi connectivity index (χ0) is 17.7. The average molecular weight is 328 g/mol. The van der Waals surface area contributed by atoms with E-state index in [4.69, 9.17) is 4.84 Å². The van der Waals surface area contributed by atoms with Crippen molar-refractivity contribution in [2.24, 2.45) is 0 Å². The number of hydrogen-bond donors (Lipinski definition) is 1. The Morgan fingerprint density at radius 1 is 1.21 bits per heavy atom. The van der Waals surface area contributed by atoms with Crippen LogP contribution in [0.1, 0.15) is 26.3 Å². The van der Waals surface area contributed by atoms with Gasteiger partial charge in [0.25, 0.3) is 0 Å². The van der Waals surface area contributed by atoms with Crippen molar-refractivity contribution in [2.75, 3.05) is 7.05 Å². The van der Waals surface area contributed by atoms with E-state index in [1.807, 2.05) is 63.2 Å². The molecule has 0 unspecified atom stereocenters. The molecule has 2 aromatic carbocycles. The lowest BCUT2D eigenvalue weighted by molar-refractivity contribution is -0.230. The zero-order valence-corrected chi connectivity index (χ0v) is 14.6. The van der Waals surface area contributed by atoms with Gasteiger partial charge in [0.2, 0.25) is 12.3 Å². The van der Waals surface area contributed by atoms with Crippen molar-refractivity contribution >= 4 is 23.1 Å². The second kappa shape index (κ2) is 7.45. The van der Waals surface area contributed by atoms with Gasteiger partial charge in [-0.25, -0.2) is 5.06 Å². The standard InChI is InChI=1S/C19H24N2O3/c1-19(2,3)24-21(13-22)17(18(23)20-4)12-14-9-10-15-7-5-6-8-16(15)11-14/h5-11,13,17H,12H2,1-4H3,(H,20,23)/t17-/m0/s1. The van der Waals surface area contributed by atoms with Crippen molar-refractivity contribution in [2.45, 2.75) is 38.8 Å². The third-order valence-electron chi connectivity index (χ3n) is 3.58. The van der Waals surface area contributed by atoms with Crippen LogP contribution in [-0.4, -0.2) is 36.1 Å². The van der Waals surface area contributed by atoms with E-state index in [1.54, 1.807) is 7.05 Å². The molecule has 0 bridgehead atoms. The monoisotopic (exact) mass is 328 g/mol. The van der Waals surface area contributed by atoms with Crippen molar-refractivity contribution in [3.8, 4) is 0 Å². The summed E-state index contributed by atoms with van der Waals surface area (Å²) in [5.74, 6) is -0.264. The zero-order valence-electron chi connectivity index (χ0n) is 14.6. The second-order valence-corrected chi connectivity index (χ2v) is 6.68. The van der Waals surface area contributed by atoms with E-state index in [-0.39, 0.29) is 5.91 Å². The first-order valence-electron chi connectivity index (χ1n) is 7.96. The van der Waals surface area contributed by atoms with Gasteiger partial charge in [0.15, 0.2) is 0 Å². The minimum Gasteiger partial charge on any atom is -0.357 e. The molecule has 5 nitrogen and oxygen atoms in total. The molecule has 128 valence electrons. The van der Waals surface area contributed by atoms with Crippen LogP contribution >= 0.6 is 0 Å². The van der Waals surface area contributed by atoms with Crippen LogP contribution in [0.5, 0.6) is 0 Å². The number of fused-ring (bicyclic) bond motifs is 1. The molecular weight excluding hydrogens is 304 g/mol. The average Bonchev–Trinajstić information content (AvgIpc) is 2.56. The normalized spacial score (nSPS) is 12.7. The van der Waals surface area contributed by atoms with E-state index in [9.17, 15) is 9.59 Å². The molecule has 5 heteroatoms. The maximum Gasteiger partial charge on any atom is 0.245 e. The molecule has 0 radical (unpaired) electrons. The minimum atomic E-state index is -0.729. The number of nitrogens with zero attached hydrogens (tertiary/aromatic N) is 1. The van der Waals surface area contributed by atoms with Crippen LogP contribution in [0.25, 0.3) is 10.8 Å². The molecule has 1 N–H and O–H groups in total. The minimum absolute atomic E-state index is 0.264. The summed E-state index contributed by atoms with van der Waals surface area (Å²) >= 11 is 0. The lowest BCUT2D eigenvalue weighted by atomic mass is 10.0. The molecule has 0 saturated carbocycles. The molecule has 0 aliphatic rings. The smallest absolute Gasteiger partial charge is 0.245 e.